The molecule has 4 heteroatoms. The van der Waals surface area contributed by atoms with E-state index in [9.17, 15) is 4.79 Å². The van der Waals surface area contributed by atoms with Crippen molar-refractivity contribution in [1.82, 2.24) is 5.32 Å². The highest BCUT2D eigenvalue weighted by atomic mass is 35.5. The summed E-state index contributed by atoms with van der Waals surface area (Å²) in [6.07, 6.45) is -0.577. The van der Waals surface area contributed by atoms with Crippen LogP contribution in [0.15, 0.2) is 48.5 Å². The first-order chi connectivity index (χ1) is 10.5. The van der Waals surface area contributed by atoms with Crippen molar-refractivity contribution in [2.45, 2.75) is 32.9 Å². The Labute approximate surface area is 136 Å². The number of benzene rings is 2. The highest BCUT2D eigenvalue weighted by Crippen LogP contribution is 2.22. The van der Waals surface area contributed by atoms with Gasteiger partial charge in [-0.05, 0) is 50.1 Å². The number of rotatable bonds is 5. The van der Waals surface area contributed by atoms with Crippen LogP contribution in [0.1, 0.15) is 31.0 Å². The molecule has 0 bridgehead atoms. The first kappa shape index (κ1) is 16.4. The maximum absolute atomic E-state index is 12.2. The Kier molecular flexibility index (Phi) is 5.45. The van der Waals surface area contributed by atoms with Gasteiger partial charge in [0.15, 0.2) is 6.10 Å². The molecule has 0 aliphatic heterocycles. The van der Waals surface area contributed by atoms with E-state index in [1.165, 1.54) is 0 Å². The number of amides is 1. The van der Waals surface area contributed by atoms with Crippen LogP contribution in [0.2, 0.25) is 5.02 Å². The fraction of sp³-hybridized carbons (Fsp3) is 0.278. The molecule has 0 aliphatic rings. The zero-order chi connectivity index (χ0) is 16.1. The van der Waals surface area contributed by atoms with Crippen LogP contribution in [0, 0.1) is 6.92 Å². The molecular weight excluding hydrogens is 298 g/mol. The normalized spacial score (nSPS) is 13.3. The quantitative estimate of drug-likeness (QED) is 0.893. The Morgan fingerprint density at radius 2 is 1.82 bits per heavy atom. The molecule has 0 fully saturated rings. The first-order valence-corrected chi connectivity index (χ1v) is 7.63. The predicted molar refractivity (Wildman–Crippen MR) is 89.3 cm³/mol. The third-order valence-corrected chi connectivity index (χ3v) is 3.89. The standard InChI is InChI=1S/C18H20ClNO2/c1-12-11-16(9-10-17(12)19)22-14(3)18(21)20-13(2)15-7-5-4-6-8-15/h4-11,13-14H,1-3H3,(H,20,21)/t13-,14?/m0/s1. The van der Waals surface area contributed by atoms with Crippen LogP contribution in [0.4, 0.5) is 0 Å². The largest absolute Gasteiger partial charge is 0.481 e. The lowest BCUT2D eigenvalue weighted by Gasteiger charge is -2.19. The van der Waals surface area contributed by atoms with Gasteiger partial charge in [0.2, 0.25) is 0 Å². The van der Waals surface area contributed by atoms with Crippen molar-refractivity contribution < 1.29 is 9.53 Å². The third-order valence-electron chi connectivity index (χ3n) is 3.47. The highest BCUT2D eigenvalue weighted by Gasteiger charge is 2.17. The molecule has 22 heavy (non-hydrogen) atoms. The molecule has 1 N–H and O–H groups in total. The minimum absolute atomic E-state index is 0.0632. The van der Waals surface area contributed by atoms with Crippen molar-refractivity contribution in [3.8, 4) is 5.75 Å². The van der Waals surface area contributed by atoms with Gasteiger partial charge in [-0.15, -0.1) is 0 Å². The molecule has 0 aromatic heterocycles. The van der Waals surface area contributed by atoms with Crippen LogP contribution >= 0.6 is 11.6 Å². The van der Waals surface area contributed by atoms with Gasteiger partial charge in [0.1, 0.15) is 5.75 Å². The summed E-state index contributed by atoms with van der Waals surface area (Å²) in [5.74, 6) is 0.487. The lowest BCUT2D eigenvalue weighted by Crippen LogP contribution is -2.37. The lowest BCUT2D eigenvalue weighted by molar-refractivity contribution is -0.127. The van der Waals surface area contributed by atoms with E-state index in [1.54, 1.807) is 19.1 Å². The highest BCUT2D eigenvalue weighted by molar-refractivity contribution is 6.31. The number of hydrogen-bond acceptors (Lipinski definition) is 2. The minimum Gasteiger partial charge on any atom is -0.481 e. The Balaban J connectivity index is 1.95. The lowest BCUT2D eigenvalue weighted by atomic mass is 10.1. The van der Waals surface area contributed by atoms with Crippen molar-refractivity contribution in [2.24, 2.45) is 0 Å². The van der Waals surface area contributed by atoms with E-state index >= 15 is 0 Å². The van der Waals surface area contributed by atoms with Crippen molar-refractivity contribution >= 4 is 17.5 Å². The van der Waals surface area contributed by atoms with E-state index in [4.69, 9.17) is 16.3 Å². The van der Waals surface area contributed by atoms with Crippen LogP contribution < -0.4 is 10.1 Å². The van der Waals surface area contributed by atoms with E-state index < -0.39 is 6.10 Å². The zero-order valence-electron chi connectivity index (χ0n) is 13.0. The topological polar surface area (TPSA) is 38.3 Å². The molecule has 0 saturated heterocycles. The second-order valence-corrected chi connectivity index (χ2v) is 5.72. The molecule has 2 aromatic rings. The van der Waals surface area contributed by atoms with Gasteiger partial charge < -0.3 is 10.1 Å². The van der Waals surface area contributed by atoms with Gasteiger partial charge in [-0.3, -0.25) is 4.79 Å². The van der Waals surface area contributed by atoms with Crippen molar-refractivity contribution in [1.29, 1.82) is 0 Å². The van der Waals surface area contributed by atoms with Gasteiger partial charge in [0, 0.05) is 5.02 Å². The average molecular weight is 318 g/mol. The molecule has 0 heterocycles. The van der Waals surface area contributed by atoms with Crippen LogP contribution in [-0.4, -0.2) is 12.0 Å². The van der Waals surface area contributed by atoms with E-state index in [2.05, 4.69) is 5.32 Å². The minimum atomic E-state index is -0.577. The third kappa shape index (κ3) is 4.25. The fourth-order valence-corrected chi connectivity index (χ4v) is 2.22. The van der Waals surface area contributed by atoms with E-state index in [-0.39, 0.29) is 11.9 Å². The molecule has 0 saturated carbocycles. The van der Waals surface area contributed by atoms with Gasteiger partial charge in [-0.1, -0.05) is 41.9 Å². The Hall–Kier alpha value is -2.00. The summed E-state index contributed by atoms with van der Waals surface area (Å²) < 4.78 is 5.68. The van der Waals surface area contributed by atoms with Gasteiger partial charge in [-0.25, -0.2) is 0 Å². The molecule has 3 nitrogen and oxygen atoms in total. The summed E-state index contributed by atoms with van der Waals surface area (Å²) in [5.41, 5.74) is 1.98. The van der Waals surface area contributed by atoms with Crippen molar-refractivity contribution in [3.05, 3.63) is 64.7 Å². The Morgan fingerprint density at radius 3 is 2.45 bits per heavy atom. The summed E-state index contributed by atoms with van der Waals surface area (Å²) in [5, 5.41) is 3.63. The Morgan fingerprint density at radius 1 is 1.14 bits per heavy atom. The fourth-order valence-electron chi connectivity index (χ4n) is 2.10. The number of nitrogens with one attached hydrogen (secondary N) is 1. The van der Waals surface area contributed by atoms with Crippen LogP contribution in [0.5, 0.6) is 5.75 Å². The summed E-state index contributed by atoms with van der Waals surface area (Å²) >= 11 is 5.98. The number of hydrogen-bond donors (Lipinski definition) is 1. The second kappa shape index (κ2) is 7.32. The molecule has 2 rings (SSSR count). The maximum Gasteiger partial charge on any atom is 0.261 e. The summed E-state index contributed by atoms with van der Waals surface area (Å²) in [6.45, 7) is 5.58. The monoisotopic (exact) mass is 317 g/mol. The van der Waals surface area contributed by atoms with Gasteiger partial charge >= 0.3 is 0 Å². The number of carbonyl (C=O) groups is 1. The molecule has 1 amide bonds. The second-order valence-electron chi connectivity index (χ2n) is 5.31. The molecule has 116 valence electrons. The summed E-state index contributed by atoms with van der Waals surface area (Å²) in [4.78, 5) is 12.2. The molecule has 2 aromatic carbocycles. The summed E-state index contributed by atoms with van der Waals surface area (Å²) in [6, 6.07) is 15.1. The van der Waals surface area contributed by atoms with Gasteiger partial charge in [-0.2, -0.15) is 0 Å². The van der Waals surface area contributed by atoms with Crippen LogP contribution in [0.25, 0.3) is 0 Å². The molecule has 2 atom stereocenters. The van der Waals surface area contributed by atoms with Crippen LogP contribution in [-0.2, 0) is 4.79 Å². The van der Waals surface area contributed by atoms with Gasteiger partial charge in [0.05, 0.1) is 6.04 Å². The van der Waals surface area contributed by atoms with E-state index in [0.29, 0.717) is 10.8 Å². The first-order valence-electron chi connectivity index (χ1n) is 7.25. The average Bonchev–Trinajstić information content (AvgIpc) is 2.51. The summed E-state index contributed by atoms with van der Waals surface area (Å²) in [7, 11) is 0. The van der Waals surface area contributed by atoms with Crippen molar-refractivity contribution in [2.75, 3.05) is 0 Å². The van der Waals surface area contributed by atoms with E-state index in [0.717, 1.165) is 11.1 Å². The SMILES string of the molecule is Cc1cc(OC(C)C(=O)N[C@@H](C)c2ccccc2)ccc1Cl. The Bertz CT molecular complexity index is 643. The number of carbonyl (C=O) groups excluding carboxylic acids is 1. The number of halogens is 1. The molecule has 1 unspecified atom stereocenters. The predicted octanol–water partition coefficient (Wildman–Crippen LogP) is 4.29. The number of aryl methyl sites for hydroxylation is 1. The molecular formula is C18H20ClNO2. The zero-order valence-corrected chi connectivity index (χ0v) is 13.7. The van der Waals surface area contributed by atoms with Crippen LogP contribution in [0.3, 0.4) is 0 Å². The smallest absolute Gasteiger partial charge is 0.261 e. The molecule has 0 spiro atoms. The van der Waals surface area contributed by atoms with Gasteiger partial charge in [0.25, 0.3) is 5.91 Å². The number of ether oxygens (including phenoxy) is 1. The van der Waals surface area contributed by atoms with Crippen molar-refractivity contribution in [3.63, 3.8) is 0 Å². The van der Waals surface area contributed by atoms with E-state index in [1.807, 2.05) is 50.2 Å². The molecule has 0 aliphatic carbocycles. The molecule has 0 radical (unpaired) electrons. The maximum atomic E-state index is 12.2.